The normalized spacial score (nSPS) is 10.7. The summed E-state index contributed by atoms with van der Waals surface area (Å²) in [6, 6.07) is 27.8. The Morgan fingerprint density at radius 2 is 1.60 bits per heavy atom. The summed E-state index contributed by atoms with van der Waals surface area (Å²) in [7, 11) is 0. The van der Waals surface area contributed by atoms with Crippen LogP contribution < -0.4 is 4.74 Å². The average Bonchev–Trinajstić information content (AvgIpc) is 3.28. The highest BCUT2D eigenvalue weighted by atomic mass is 32.1. The summed E-state index contributed by atoms with van der Waals surface area (Å²) in [5.41, 5.74) is 4.23. The van der Waals surface area contributed by atoms with Crippen molar-refractivity contribution in [3.8, 4) is 16.3 Å². The fraction of sp³-hybridized carbons (Fsp3) is 0.241. The number of carbonyl (C=O) groups is 1. The van der Waals surface area contributed by atoms with Crippen LogP contribution in [0.5, 0.6) is 5.75 Å². The number of aromatic nitrogens is 1. The van der Waals surface area contributed by atoms with Crippen LogP contribution in [0.15, 0.2) is 84.9 Å². The summed E-state index contributed by atoms with van der Waals surface area (Å²) in [5.74, 6) is 0.805. The third kappa shape index (κ3) is 6.93. The van der Waals surface area contributed by atoms with Gasteiger partial charge in [0.1, 0.15) is 17.4 Å². The molecule has 0 atom stereocenters. The zero-order valence-corrected chi connectivity index (χ0v) is 21.0. The predicted octanol–water partition coefficient (Wildman–Crippen LogP) is 6.90. The number of amides is 1. The molecule has 1 amide bonds. The van der Waals surface area contributed by atoms with E-state index < -0.39 is 0 Å². The Kier molecular flexibility index (Phi) is 8.52. The molecular weight excluding hydrogens is 456 g/mol. The van der Waals surface area contributed by atoms with E-state index in [0.717, 1.165) is 39.6 Å². The Bertz CT molecular complexity index is 1210. The topological polar surface area (TPSA) is 51.7 Å². The Morgan fingerprint density at radius 3 is 2.29 bits per heavy atom. The fourth-order valence-corrected chi connectivity index (χ4v) is 4.62. The lowest BCUT2D eigenvalue weighted by Crippen LogP contribution is -2.30. The van der Waals surface area contributed by atoms with Crippen molar-refractivity contribution in [1.29, 1.82) is 0 Å². The smallest absolute Gasteiger partial charge is 0.410 e. The minimum Gasteiger partial charge on any atom is -0.493 e. The first-order valence-electron chi connectivity index (χ1n) is 11.8. The Balaban J connectivity index is 1.25. The SMILES string of the molecule is CCN(Cc1ccc(OCCc2nc(-c3ccccc3)sc2C)cc1)C(=O)OCc1ccccc1. The lowest BCUT2D eigenvalue weighted by atomic mass is 10.2. The standard InChI is InChI=1S/C29H30N2O3S/c1-3-31(29(32)34-21-24-10-6-4-7-11-24)20-23-14-16-26(17-15-23)33-19-18-27-22(2)35-28(30-27)25-12-8-5-9-13-25/h4-17H,3,18-21H2,1-2H3. The molecule has 6 heteroatoms. The summed E-state index contributed by atoms with van der Waals surface area (Å²) in [6.45, 7) is 5.96. The molecule has 35 heavy (non-hydrogen) atoms. The van der Waals surface area contributed by atoms with Gasteiger partial charge in [0.15, 0.2) is 0 Å². The molecular formula is C29H30N2O3S. The van der Waals surface area contributed by atoms with Crippen molar-refractivity contribution in [3.05, 3.63) is 107 Å². The number of hydrogen-bond acceptors (Lipinski definition) is 5. The van der Waals surface area contributed by atoms with Crippen molar-refractivity contribution in [3.63, 3.8) is 0 Å². The van der Waals surface area contributed by atoms with Gasteiger partial charge in [0.05, 0.1) is 12.3 Å². The molecule has 0 radical (unpaired) electrons. The van der Waals surface area contributed by atoms with E-state index in [1.165, 1.54) is 4.88 Å². The monoisotopic (exact) mass is 486 g/mol. The molecule has 4 rings (SSSR count). The molecule has 0 aliphatic carbocycles. The van der Waals surface area contributed by atoms with Gasteiger partial charge < -0.3 is 14.4 Å². The van der Waals surface area contributed by atoms with E-state index in [1.807, 2.05) is 79.7 Å². The highest BCUT2D eigenvalue weighted by Crippen LogP contribution is 2.27. The molecule has 180 valence electrons. The van der Waals surface area contributed by atoms with Crippen LogP contribution in [0.25, 0.3) is 10.6 Å². The van der Waals surface area contributed by atoms with E-state index in [9.17, 15) is 4.79 Å². The maximum Gasteiger partial charge on any atom is 0.410 e. The van der Waals surface area contributed by atoms with Gasteiger partial charge in [-0.1, -0.05) is 72.8 Å². The largest absolute Gasteiger partial charge is 0.493 e. The van der Waals surface area contributed by atoms with Crippen LogP contribution in [0, 0.1) is 6.92 Å². The second-order valence-electron chi connectivity index (χ2n) is 8.18. The molecule has 0 fully saturated rings. The molecule has 3 aromatic carbocycles. The molecule has 0 N–H and O–H groups in total. The van der Waals surface area contributed by atoms with Crippen molar-refractivity contribution in [1.82, 2.24) is 9.88 Å². The van der Waals surface area contributed by atoms with Crippen LogP contribution in [-0.4, -0.2) is 29.1 Å². The first-order valence-corrected chi connectivity index (χ1v) is 12.6. The highest BCUT2D eigenvalue weighted by molar-refractivity contribution is 7.15. The number of ether oxygens (including phenoxy) is 2. The second kappa shape index (κ2) is 12.2. The zero-order valence-electron chi connectivity index (χ0n) is 20.1. The van der Waals surface area contributed by atoms with E-state index in [4.69, 9.17) is 14.5 Å². The van der Waals surface area contributed by atoms with E-state index in [2.05, 4.69) is 19.1 Å². The van der Waals surface area contributed by atoms with Gasteiger partial charge in [-0.3, -0.25) is 0 Å². The minimum atomic E-state index is -0.315. The molecule has 0 spiro atoms. The first kappa shape index (κ1) is 24.5. The van der Waals surface area contributed by atoms with Crippen LogP contribution in [-0.2, 0) is 24.3 Å². The van der Waals surface area contributed by atoms with E-state index in [0.29, 0.717) is 19.7 Å². The van der Waals surface area contributed by atoms with Gasteiger partial charge in [0.2, 0.25) is 0 Å². The Hall–Kier alpha value is -3.64. The molecule has 0 saturated heterocycles. The predicted molar refractivity (Wildman–Crippen MR) is 141 cm³/mol. The van der Waals surface area contributed by atoms with E-state index in [1.54, 1.807) is 16.2 Å². The number of hydrogen-bond donors (Lipinski definition) is 0. The molecule has 0 bridgehead atoms. The number of thiazole rings is 1. The fourth-order valence-electron chi connectivity index (χ4n) is 3.66. The van der Waals surface area contributed by atoms with Crippen molar-refractivity contribution in [2.75, 3.05) is 13.2 Å². The van der Waals surface area contributed by atoms with Gasteiger partial charge in [0, 0.05) is 30.0 Å². The number of aryl methyl sites for hydroxylation is 1. The van der Waals surface area contributed by atoms with Crippen molar-refractivity contribution in [2.45, 2.75) is 33.4 Å². The maximum absolute atomic E-state index is 12.5. The Morgan fingerprint density at radius 1 is 0.914 bits per heavy atom. The van der Waals surface area contributed by atoms with Crippen LogP contribution in [0.1, 0.15) is 28.6 Å². The molecule has 1 heterocycles. The third-order valence-corrected chi connectivity index (χ3v) is 6.72. The molecule has 5 nitrogen and oxygen atoms in total. The zero-order chi connectivity index (χ0) is 24.5. The van der Waals surface area contributed by atoms with Gasteiger partial charge in [-0.25, -0.2) is 9.78 Å². The molecule has 0 unspecified atom stereocenters. The van der Waals surface area contributed by atoms with Crippen molar-refractivity contribution >= 4 is 17.4 Å². The first-order chi connectivity index (χ1) is 17.1. The van der Waals surface area contributed by atoms with Crippen LogP contribution in [0.4, 0.5) is 4.79 Å². The third-order valence-electron chi connectivity index (χ3n) is 5.66. The minimum absolute atomic E-state index is 0.272. The Labute approximate surface area is 211 Å². The number of nitrogens with zero attached hydrogens (tertiary/aromatic N) is 2. The van der Waals surface area contributed by atoms with E-state index in [-0.39, 0.29) is 12.7 Å². The molecule has 1 aromatic heterocycles. The summed E-state index contributed by atoms with van der Waals surface area (Å²) in [6.07, 6.45) is 0.443. The van der Waals surface area contributed by atoms with Crippen molar-refractivity contribution < 1.29 is 14.3 Å². The highest BCUT2D eigenvalue weighted by Gasteiger charge is 2.14. The molecule has 4 aromatic rings. The van der Waals surface area contributed by atoms with Gasteiger partial charge in [0.25, 0.3) is 0 Å². The maximum atomic E-state index is 12.5. The molecule has 0 aliphatic rings. The van der Waals surface area contributed by atoms with Crippen LogP contribution in [0.3, 0.4) is 0 Å². The molecule has 0 aliphatic heterocycles. The van der Waals surface area contributed by atoms with Crippen molar-refractivity contribution in [2.24, 2.45) is 0 Å². The number of benzene rings is 3. The lowest BCUT2D eigenvalue weighted by Gasteiger charge is -2.20. The summed E-state index contributed by atoms with van der Waals surface area (Å²) in [5, 5.41) is 1.05. The van der Waals surface area contributed by atoms with Crippen LogP contribution in [0.2, 0.25) is 0 Å². The quantitative estimate of drug-likeness (QED) is 0.245. The van der Waals surface area contributed by atoms with Crippen LogP contribution >= 0.6 is 11.3 Å². The summed E-state index contributed by atoms with van der Waals surface area (Å²) in [4.78, 5) is 20.2. The van der Waals surface area contributed by atoms with E-state index >= 15 is 0 Å². The van der Waals surface area contributed by atoms with Gasteiger partial charge in [-0.15, -0.1) is 11.3 Å². The number of rotatable bonds is 10. The van der Waals surface area contributed by atoms with Gasteiger partial charge in [-0.05, 0) is 37.1 Å². The lowest BCUT2D eigenvalue weighted by molar-refractivity contribution is 0.0956. The van der Waals surface area contributed by atoms with Gasteiger partial charge >= 0.3 is 6.09 Å². The van der Waals surface area contributed by atoms with Gasteiger partial charge in [-0.2, -0.15) is 0 Å². The molecule has 0 saturated carbocycles. The number of carbonyl (C=O) groups excluding carboxylic acids is 1. The summed E-state index contributed by atoms with van der Waals surface area (Å²) < 4.78 is 11.4. The summed E-state index contributed by atoms with van der Waals surface area (Å²) >= 11 is 1.72. The second-order valence-corrected chi connectivity index (χ2v) is 9.39. The average molecular weight is 487 g/mol.